The molecule has 3 rings (SSSR count). The van der Waals surface area contributed by atoms with Crippen molar-refractivity contribution in [3.63, 3.8) is 0 Å². The lowest BCUT2D eigenvalue weighted by atomic mass is 10.1. The Hall–Kier alpha value is -3.23. The van der Waals surface area contributed by atoms with Crippen LogP contribution in [0.15, 0.2) is 53.3 Å². The Labute approximate surface area is 161 Å². The van der Waals surface area contributed by atoms with Crippen LogP contribution in [0.5, 0.6) is 0 Å². The summed E-state index contributed by atoms with van der Waals surface area (Å²) in [5.41, 5.74) is 0.510. The molecule has 0 aliphatic rings. The van der Waals surface area contributed by atoms with E-state index < -0.39 is 15.3 Å². The number of pyridine rings is 1. The molecule has 0 saturated carbocycles. The Kier molecular flexibility index (Phi) is 4.93. The molecule has 0 radical (unpaired) electrons. The monoisotopic (exact) mass is 405 g/mol. The molecule has 1 aromatic heterocycles. The van der Waals surface area contributed by atoms with Crippen LogP contribution >= 0.6 is 23.2 Å². The normalized spacial score (nSPS) is 10.6. The van der Waals surface area contributed by atoms with E-state index >= 15 is 0 Å². The van der Waals surface area contributed by atoms with Gasteiger partial charge in [0.05, 0.1) is 21.2 Å². The number of halogens is 2. The number of nitro benzene ring substituents is 2. The van der Waals surface area contributed by atoms with Gasteiger partial charge in [-0.15, -0.1) is 0 Å². The number of aromatic amines is 1. The first kappa shape index (κ1) is 18.6. The minimum absolute atomic E-state index is 0.109. The second-order valence-electron chi connectivity index (χ2n) is 5.44. The van der Waals surface area contributed by atoms with Gasteiger partial charge in [0.15, 0.2) is 0 Å². The van der Waals surface area contributed by atoms with E-state index in [2.05, 4.69) is 4.98 Å². The Balaban J connectivity index is 2.15. The van der Waals surface area contributed by atoms with Gasteiger partial charge in [0.1, 0.15) is 10.0 Å². The predicted octanol–water partition coefficient (Wildman–Crippen LogP) is 4.83. The van der Waals surface area contributed by atoms with E-state index in [-0.39, 0.29) is 32.8 Å². The van der Waals surface area contributed by atoms with Crippen LogP contribution in [0.1, 0.15) is 0 Å². The Morgan fingerprint density at radius 2 is 1.04 bits per heavy atom. The first-order chi connectivity index (χ1) is 12.8. The summed E-state index contributed by atoms with van der Waals surface area (Å²) in [5.74, 6) is 0. The number of hydrogen-bond donors (Lipinski definition) is 1. The number of benzene rings is 2. The van der Waals surface area contributed by atoms with E-state index in [1.165, 1.54) is 48.5 Å². The fraction of sp³-hybridized carbons (Fsp3) is 0. The number of non-ortho nitro benzene ring substituents is 2. The van der Waals surface area contributed by atoms with Crippen LogP contribution in [0.25, 0.3) is 22.5 Å². The third-order valence-corrected chi connectivity index (χ3v) is 4.54. The predicted molar refractivity (Wildman–Crippen MR) is 101 cm³/mol. The lowest BCUT2D eigenvalue weighted by Gasteiger charge is -2.11. The third kappa shape index (κ3) is 3.53. The molecule has 136 valence electrons. The summed E-state index contributed by atoms with van der Waals surface area (Å²) < 4.78 is 0. The zero-order valence-corrected chi connectivity index (χ0v) is 14.8. The van der Waals surface area contributed by atoms with Gasteiger partial charge in [0.2, 0.25) is 5.43 Å². The van der Waals surface area contributed by atoms with Crippen molar-refractivity contribution in [3.05, 3.63) is 89.0 Å². The molecule has 3 aromatic rings. The van der Waals surface area contributed by atoms with E-state index in [4.69, 9.17) is 23.2 Å². The maximum atomic E-state index is 12.4. The maximum absolute atomic E-state index is 12.4. The minimum atomic E-state index is -0.626. The molecular formula is C17H9Cl2N3O5. The van der Waals surface area contributed by atoms with E-state index in [0.717, 1.165) is 0 Å². The molecule has 8 nitrogen and oxygen atoms in total. The topological polar surface area (TPSA) is 119 Å². The summed E-state index contributed by atoms with van der Waals surface area (Å²) in [6.07, 6.45) is 0. The molecule has 0 aliphatic carbocycles. The van der Waals surface area contributed by atoms with Crippen molar-refractivity contribution in [3.8, 4) is 22.5 Å². The van der Waals surface area contributed by atoms with Crippen molar-refractivity contribution in [1.82, 2.24) is 4.98 Å². The van der Waals surface area contributed by atoms with Gasteiger partial charge in [0.25, 0.3) is 11.4 Å². The largest absolute Gasteiger partial charge is 0.352 e. The van der Waals surface area contributed by atoms with Gasteiger partial charge < -0.3 is 4.98 Å². The van der Waals surface area contributed by atoms with Gasteiger partial charge in [-0.1, -0.05) is 23.2 Å². The Morgan fingerprint density at radius 1 is 0.704 bits per heavy atom. The summed E-state index contributed by atoms with van der Waals surface area (Å²) >= 11 is 12.2. The van der Waals surface area contributed by atoms with Gasteiger partial charge >= 0.3 is 0 Å². The molecule has 0 saturated heterocycles. The quantitative estimate of drug-likeness (QED) is 0.492. The maximum Gasteiger partial charge on any atom is 0.269 e. The van der Waals surface area contributed by atoms with Crippen molar-refractivity contribution >= 4 is 34.6 Å². The first-order valence-corrected chi connectivity index (χ1v) is 8.16. The van der Waals surface area contributed by atoms with E-state index in [1.807, 2.05) is 0 Å². The lowest BCUT2D eigenvalue weighted by molar-refractivity contribution is -0.385. The van der Waals surface area contributed by atoms with Crippen LogP contribution in [0.3, 0.4) is 0 Å². The highest BCUT2D eigenvalue weighted by atomic mass is 35.5. The highest BCUT2D eigenvalue weighted by molar-refractivity contribution is 6.37. The van der Waals surface area contributed by atoms with Crippen LogP contribution in [0, 0.1) is 20.2 Å². The van der Waals surface area contributed by atoms with Crippen molar-refractivity contribution < 1.29 is 9.85 Å². The van der Waals surface area contributed by atoms with Crippen molar-refractivity contribution in [2.45, 2.75) is 0 Å². The summed E-state index contributed by atoms with van der Waals surface area (Å²) in [4.78, 5) is 35.8. The number of aromatic nitrogens is 1. The van der Waals surface area contributed by atoms with E-state index in [1.54, 1.807) is 0 Å². The minimum Gasteiger partial charge on any atom is -0.352 e. The Bertz CT molecular complexity index is 1020. The lowest BCUT2D eigenvalue weighted by Crippen LogP contribution is -2.08. The number of nitrogens with one attached hydrogen (secondary N) is 1. The van der Waals surface area contributed by atoms with Gasteiger partial charge in [0, 0.05) is 35.4 Å². The standard InChI is InChI=1S/C17H9Cl2N3O5/c18-13-15(9-1-5-11(6-2-9)21(24)25)20-16(14(19)17(13)23)10-3-7-12(8-4-10)22(26)27/h1-8H,(H,20,23). The number of nitrogens with zero attached hydrogens (tertiary/aromatic N) is 2. The molecule has 0 atom stereocenters. The van der Waals surface area contributed by atoms with Gasteiger partial charge in [-0.2, -0.15) is 0 Å². The van der Waals surface area contributed by atoms with Crippen LogP contribution in [-0.2, 0) is 0 Å². The van der Waals surface area contributed by atoms with Crippen molar-refractivity contribution in [1.29, 1.82) is 0 Å². The average Bonchev–Trinajstić information content (AvgIpc) is 2.66. The highest BCUT2D eigenvalue weighted by Crippen LogP contribution is 2.32. The molecule has 0 amide bonds. The third-order valence-electron chi connectivity index (χ3n) is 3.82. The SMILES string of the molecule is O=c1c(Cl)c(-c2ccc([N+](=O)[O-])cc2)[nH]c(-c2ccc([N+](=O)[O-])cc2)c1Cl. The van der Waals surface area contributed by atoms with Crippen LogP contribution < -0.4 is 5.43 Å². The molecule has 27 heavy (non-hydrogen) atoms. The highest BCUT2D eigenvalue weighted by Gasteiger charge is 2.18. The fourth-order valence-electron chi connectivity index (χ4n) is 2.46. The number of hydrogen-bond acceptors (Lipinski definition) is 5. The summed E-state index contributed by atoms with van der Waals surface area (Å²) in [6.45, 7) is 0. The number of nitro groups is 2. The zero-order valence-electron chi connectivity index (χ0n) is 13.3. The molecule has 1 heterocycles. The molecule has 0 spiro atoms. The molecule has 1 N–H and O–H groups in total. The van der Waals surface area contributed by atoms with Gasteiger partial charge in [-0.05, 0) is 24.3 Å². The fourth-order valence-corrected chi connectivity index (χ4v) is 3.01. The van der Waals surface area contributed by atoms with Crippen LogP contribution in [0.2, 0.25) is 10.0 Å². The molecule has 0 bridgehead atoms. The Morgan fingerprint density at radius 3 is 1.33 bits per heavy atom. The molecular weight excluding hydrogens is 397 g/mol. The van der Waals surface area contributed by atoms with Crippen LogP contribution in [-0.4, -0.2) is 14.8 Å². The molecule has 0 fully saturated rings. The second-order valence-corrected chi connectivity index (χ2v) is 6.20. The van der Waals surface area contributed by atoms with Gasteiger partial charge in [-0.25, -0.2) is 0 Å². The van der Waals surface area contributed by atoms with E-state index in [9.17, 15) is 25.0 Å². The summed E-state index contributed by atoms with van der Waals surface area (Å²) in [6, 6.07) is 10.9. The second kappa shape index (κ2) is 7.18. The van der Waals surface area contributed by atoms with Crippen LogP contribution in [0.4, 0.5) is 11.4 Å². The molecule has 2 aromatic carbocycles. The molecule has 0 aliphatic heterocycles. The number of H-pyrrole nitrogens is 1. The first-order valence-electron chi connectivity index (χ1n) is 7.40. The smallest absolute Gasteiger partial charge is 0.269 e. The number of rotatable bonds is 4. The molecule has 0 unspecified atom stereocenters. The summed E-state index contributed by atoms with van der Waals surface area (Å²) in [5, 5.41) is 21.2. The van der Waals surface area contributed by atoms with Gasteiger partial charge in [-0.3, -0.25) is 25.0 Å². The van der Waals surface area contributed by atoms with Crippen molar-refractivity contribution in [2.75, 3.05) is 0 Å². The van der Waals surface area contributed by atoms with E-state index in [0.29, 0.717) is 11.1 Å². The van der Waals surface area contributed by atoms with Crippen molar-refractivity contribution in [2.24, 2.45) is 0 Å². The molecule has 10 heteroatoms. The zero-order chi connectivity index (χ0) is 19.7. The summed E-state index contributed by atoms with van der Waals surface area (Å²) in [7, 11) is 0. The average molecular weight is 406 g/mol.